The van der Waals surface area contributed by atoms with Crippen LogP contribution < -0.4 is 5.73 Å². The third-order valence-electron chi connectivity index (χ3n) is 1.40. The fourth-order valence-corrected chi connectivity index (χ4v) is 0.860. The summed E-state index contributed by atoms with van der Waals surface area (Å²) in [7, 11) is 0. The lowest BCUT2D eigenvalue weighted by Crippen LogP contribution is -2.38. The average molecular weight is 125 g/mol. The predicted molar refractivity (Wildman–Crippen MR) is 37.2 cm³/mol. The molecule has 1 aliphatic heterocycles. The Bertz CT molecular complexity index is 139. The van der Waals surface area contributed by atoms with Crippen LogP contribution in [0.4, 0.5) is 0 Å². The summed E-state index contributed by atoms with van der Waals surface area (Å²) < 4.78 is 0. The Morgan fingerprint density at radius 1 is 1.56 bits per heavy atom. The van der Waals surface area contributed by atoms with E-state index in [0.717, 1.165) is 19.5 Å². The third kappa shape index (κ3) is 1.45. The highest BCUT2D eigenvalue weighted by Crippen LogP contribution is 1.98. The van der Waals surface area contributed by atoms with Crippen LogP contribution in [0.15, 0.2) is 12.2 Å². The van der Waals surface area contributed by atoms with Gasteiger partial charge in [0.1, 0.15) is 0 Å². The first-order valence-electron chi connectivity index (χ1n) is 3.04. The van der Waals surface area contributed by atoms with Crippen LogP contribution in [0.5, 0.6) is 0 Å². The number of nitrogens with one attached hydrogen (secondary N) is 1. The van der Waals surface area contributed by atoms with Gasteiger partial charge in [0.25, 0.3) is 0 Å². The molecule has 0 saturated heterocycles. The molecule has 3 nitrogen and oxygen atoms in total. The van der Waals surface area contributed by atoms with Gasteiger partial charge in [0.15, 0.2) is 5.96 Å². The zero-order valence-corrected chi connectivity index (χ0v) is 5.30. The molecule has 0 bridgehead atoms. The molecule has 1 rings (SSSR count). The van der Waals surface area contributed by atoms with Crippen LogP contribution in [-0.2, 0) is 0 Å². The summed E-state index contributed by atoms with van der Waals surface area (Å²) in [6.45, 7) is 1.70. The minimum atomic E-state index is 0.180. The molecule has 0 spiro atoms. The van der Waals surface area contributed by atoms with Crippen molar-refractivity contribution in [2.24, 2.45) is 5.73 Å². The molecular weight excluding hydrogens is 114 g/mol. The monoisotopic (exact) mass is 125 g/mol. The molecule has 0 saturated carbocycles. The van der Waals surface area contributed by atoms with E-state index >= 15 is 0 Å². The maximum atomic E-state index is 7.06. The lowest BCUT2D eigenvalue weighted by atomic mass is 10.3. The number of nitrogens with zero attached hydrogens (tertiary/aromatic N) is 1. The first-order valence-corrected chi connectivity index (χ1v) is 3.04. The Kier molecular flexibility index (Phi) is 1.72. The molecule has 3 N–H and O–H groups in total. The number of rotatable bonds is 0. The molecule has 1 heterocycles. The van der Waals surface area contributed by atoms with Gasteiger partial charge in [0, 0.05) is 13.1 Å². The predicted octanol–water partition coefficient (Wildman–Crippen LogP) is 0.142. The van der Waals surface area contributed by atoms with Gasteiger partial charge in [-0.2, -0.15) is 0 Å². The van der Waals surface area contributed by atoms with E-state index in [1.54, 1.807) is 0 Å². The van der Waals surface area contributed by atoms with Crippen molar-refractivity contribution in [1.29, 1.82) is 5.41 Å². The SMILES string of the molecule is N=C(N)N1CC=CCC1. The molecule has 9 heavy (non-hydrogen) atoms. The normalized spacial score (nSPS) is 18.0. The van der Waals surface area contributed by atoms with Gasteiger partial charge in [-0.1, -0.05) is 12.2 Å². The van der Waals surface area contributed by atoms with Crippen molar-refractivity contribution < 1.29 is 0 Å². The van der Waals surface area contributed by atoms with Gasteiger partial charge < -0.3 is 10.6 Å². The summed E-state index contributed by atoms with van der Waals surface area (Å²) in [5, 5.41) is 7.06. The highest BCUT2D eigenvalue weighted by atomic mass is 15.2. The van der Waals surface area contributed by atoms with Crippen molar-refractivity contribution in [2.75, 3.05) is 13.1 Å². The Labute approximate surface area is 54.7 Å². The fourth-order valence-electron chi connectivity index (χ4n) is 0.860. The first-order chi connectivity index (χ1) is 4.30. The van der Waals surface area contributed by atoms with Crippen LogP contribution in [0, 0.1) is 5.41 Å². The number of hydrogen-bond acceptors (Lipinski definition) is 1. The highest BCUT2D eigenvalue weighted by molar-refractivity contribution is 5.74. The van der Waals surface area contributed by atoms with Crippen LogP contribution in [-0.4, -0.2) is 23.9 Å². The molecule has 1 aliphatic rings. The molecule has 0 aromatic rings. The quantitative estimate of drug-likeness (QED) is 0.275. The van der Waals surface area contributed by atoms with E-state index in [4.69, 9.17) is 11.1 Å². The second kappa shape index (κ2) is 2.53. The molecule has 0 atom stereocenters. The summed E-state index contributed by atoms with van der Waals surface area (Å²) in [6.07, 6.45) is 5.16. The third-order valence-corrected chi connectivity index (χ3v) is 1.40. The van der Waals surface area contributed by atoms with E-state index in [1.807, 2.05) is 11.0 Å². The Morgan fingerprint density at radius 3 is 2.67 bits per heavy atom. The molecule has 0 aliphatic carbocycles. The van der Waals surface area contributed by atoms with Gasteiger partial charge in [0.2, 0.25) is 0 Å². The van der Waals surface area contributed by atoms with Gasteiger partial charge >= 0.3 is 0 Å². The minimum absolute atomic E-state index is 0.180. The molecule has 0 radical (unpaired) electrons. The summed E-state index contributed by atoms with van der Waals surface area (Å²) in [5.41, 5.74) is 5.24. The van der Waals surface area contributed by atoms with Crippen molar-refractivity contribution in [2.45, 2.75) is 6.42 Å². The first kappa shape index (κ1) is 6.13. The Hall–Kier alpha value is -0.990. The van der Waals surface area contributed by atoms with E-state index in [9.17, 15) is 0 Å². The average Bonchev–Trinajstić information content (AvgIpc) is 1.90. The van der Waals surface area contributed by atoms with Crippen LogP contribution in [0.25, 0.3) is 0 Å². The Morgan fingerprint density at radius 2 is 2.33 bits per heavy atom. The van der Waals surface area contributed by atoms with E-state index in [0.29, 0.717) is 0 Å². The number of nitrogens with two attached hydrogens (primary N) is 1. The minimum Gasteiger partial charge on any atom is -0.370 e. The Balaban J connectivity index is 2.44. The van der Waals surface area contributed by atoms with Gasteiger partial charge in [-0.15, -0.1) is 0 Å². The van der Waals surface area contributed by atoms with Gasteiger partial charge in [-0.3, -0.25) is 5.41 Å². The molecule has 50 valence electrons. The lowest BCUT2D eigenvalue weighted by Gasteiger charge is -2.22. The molecule has 0 fully saturated rings. The summed E-state index contributed by atoms with van der Waals surface area (Å²) in [6, 6.07) is 0. The largest absolute Gasteiger partial charge is 0.370 e. The van der Waals surface area contributed by atoms with Crippen LogP contribution in [0.1, 0.15) is 6.42 Å². The smallest absolute Gasteiger partial charge is 0.188 e. The molecule has 0 aromatic heterocycles. The number of guanidine groups is 1. The van der Waals surface area contributed by atoms with Crippen LogP contribution in [0.3, 0.4) is 0 Å². The summed E-state index contributed by atoms with van der Waals surface area (Å²) in [4.78, 5) is 1.83. The van der Waals surface area contributed by atoms with Crippen molar-refractivity contribution >= 4 is 5.96 Å². The van der Waals surface area contributed by atoms with E-state index in [-0.39, 0.29) is 5.96 Å². The number of hydrogen-bond donors (Lipinski definition) is 2. The summed E-state index contributed by atoms with van der Waals surface area (Å²) >= 11 is 0. The molecule has 3 heteroatoms. The van der Waals surface area contributed by atoms with Gasteiger partial charge in [0.05, 0.1) is 0 Å². The van der Waals surface area contributed by atoms with Crippen molar-refractivity contribution in [3.63, 3.8) is 0 Å². The lowest BCUT2D eigenvalue weighted by molar-refractivity contribution is 0.446. The highest BCUT2D eigenvalue weighted by Gasteiger charge is 2.04. The van der Waals surface area contributed by atoms with Crippen molar-refractivity contribution in [1.82, 2.24) is 4.90 Å². The van der Waals surface area contributed by atoms with Crippen LogP contribution >= 0.6 is 0 Å². The summed E-state index contributed by atoms with van der Waals surface area (Å²) in [5.74, 6) is 0.180. The van der Waals surface area contributed by atoms with E-state index < -0.39 is 0 Å². The maximum absolute atomic E-state index is 7.06. The molecule has 0 unspecified atom stereocenters. The molecular formula is C6H11N3. The topological polar surface area (TPSA) is 53.1 Å². The van der Waals surface area contributed by atoms with E-state index in [2.05, 4.69) is 6.08 Å². The second-order valence-corrected chi connectivity index (χ2v) is 2.09. The van der Waals surface area contributed by atoms with E-state index in [1.165, 1.54) is 0 Å². The second-order valence-electron chi connectivity index (χ2n) is 2.09. The zero-order chi connectivity index (χ0) is 6.69. The van der Waals surface area contributed by atoms with Crippen LogP contribution in [0.2, 0.25) is 0 Å². The van der Waals surface area contributed by atoms with Crippen molar-refractivity contribution in [3.05, 3.63) is 12.2 Å². The molecule has 0 amide bonds. The maximum Gasteiger partial charge on any atom is 0.188 e. The van der Waals surface area contributed by atoms with Gasteiger partial charge in [-0.05, 0) is 6.42 Å². The van der Waals surface area contributed by atoms with Gasteiger partial charge in [-0.25, -0.2) is 0 Å². The fraction of sp³-hybridized carbons (Fsp3) is 0.500. The zero-order valence-electron chi connectivity index (χ0n) is 5.30. The molecule has 0 aromatic carbocycles. The standard InChI is InChI=1S/C6H11N3/c7-6(8)9-4-2-1-3-5-9/h1-2H,3-5H2,(H3,7,8). The van der Waals surface area contributed by atoms with Crippen molar-refractivity contribution in [3.8, 4) is 0 Å².